The summed E-state index contributed by atoms with van der Waals surface area (Å²) >= 11 is 0. The molecule has 0 bridgehead atoms. The molecule has 0 radical (unpaired) electrons. The molecule has 0 saturated heterocycles. The molecule has 0 aliphatic heterocycles. The fourth-order valence-corrected chi connectivity index (χ4v) is 0.673. The first-order valence-corrected chi connectivity index (χ1v) is 3.09. The van der Waals surface area contributed by atoms with E-state index < -0.39 is 36.4 Å². The van der Waals surface area contributed by atoms with Gasteiger partial charge in [0.25, 0.3) is 0 Å². The van der Waals surface area contributed by atoms with Crippen molar-refractivity contribution in [1.82, 2.24) is 0 Å². The van der Waals surface area contributed by atoms with Crippen LogP contribution in [0.2, 0.25) is 0 Å². The van der Waals surface area contributed by atoms with Gasteiger partial charge < -0.3 is 34.8 Å². The summed E-state index contributed by atoms with van der Waals surface area (Å²) < 4.78 is 0. The predicted molar refractivity (Wildman–Crippen MR) is 27.0 cm³/mol. The van der Waals surface area contributed by atoms with E-state index in [0.29, 0.717) is 0 Å². The molecule has 0 heterocycles. The Kier molecular flexibility index (Phi) is 6.34. The molecule has 0 atom stereocenters. The molecule has 0 N–H and O–H groups in total. The van der Waals surface area contributed by atoms with E-state index in [1.807, 2.05) is 0 Å². The average molecular weight is 383 g/mol. The summed E-state index contributed by atoms with van der Waals surface area (Å²) in [6.07, 6.45) is -2.94. The minimum absolute atomic E-state index is 0. The van der Waals surface area contributed by atoms with Crippen LogP contribution in [0.25, 0.3) is 0 Å². The van der Waals surface area contributed by atoms with Crippen LogP contribution in [0.5, 0.6) is 0 Å². The van der Waals surface area contributed by atoms with E-state index in [1.54, 1.807) is 0 Å². The molecule has 0 aliphatic rings. The van der Waals surface area contributed by atoms with Crippen molar-refractivity contribution in [2.24, 2.45) is 0 Å². The number of carboxylic acid groups (broad SMARTS) is 3. The molecule has 0 amide bonds. The summed E-state index contributed by atoms with van der Waals surface area (Å²) in [5, 5.41) is 40.8. The van der Waals surface area contributed by atoms with Crippen LogP contribution in [0.15, 0.2) is 0 Å². The van der Waals surface area contributed by atoms with Gasteiger partial charge in [-0.25, -0.2) is 0 Å². The Morgan fingerprint density at radius 3 is 1.36 bits per heavy atom. The van der Waals surface area contributed by atoms with Crippen LogP contribution in [0.3, 0.4) is 0 Å². The molecule has 7 nitrogen and oxygen atoms in total. The van der Waals surface area contributed by atoms with E-state index in [2.05, 4.69) is 0 Å². The molecule has 0 aliphatic carbocycles. The Morgan fingerprint density at radius 1 is 0.929 bits per heavy atom. The standard InChI is InChI=1S/C6H7O7.Pt/c7-3(8)1-6(13,5(11)12)2-4(9)10;/h1-2H2,(H,7,8)(H,9,10)(H,11,12);/q-1;+4/p-3. The molecular formula is C6H4O7Pt. The van der Waals surface area contributed by atoms with E-state index in [9.17, 15) is 34.8 Å². The second kappa shape index (κ2) is 5.72. The SMILES string of the molecule is O=C([O-])CC([O-])(CC(=O)[O-])C(=O)[O-].[Pt+4]. The maximum Gasteiger partial charge on any atom is 4.00 e. The topological polar surface area (TPSA) is 143 Å². The van der Waals surface area contributed by atoms with Crippen molar-refractivity contribution in [2.75, 3.05) is 0 Å². The largest absolute Gasteiger partial charge is 4.00 e. The van der Waals surface area contributed by atoms with Crippen LogP contribution in [0.1, 0.15) is 12.8 Å². The second-order valence-corrected chi connectivity index (χ2v) is 2.38. The molecule has 0 unspecified atom stereocenters. The summed E-state index contributed by atoms with van der Waals surface area (Å²) in [5.74, 6) is -6.22. The fraction of sp³-hybridized carbons (Fsp3) is 0.500. The normalized spacial score (nSPS) is 10.1. The molecule has 0 saturated carbocycles. The first kappa shape index (κ1) is 15.5. The Balaban J connectivity index is 0. The van der Waals surface area contributed by atoms with Crippen molar-refractivity contribution in [1.29, 1.82) is 0 Å². The van der Waals surface area contributed by atoms with E-state index in [-0.39, 0.29) is 21.1 Å². The van der Waals surface area contributed by atoms with Crippen molar-refractivity contribution < 1.29 is 55.9 Å². The maximum absolute atomic E-state index is 10.9. The van der Waals surface area contributed by atoms with Crippen LogP contribution in [-0.2, 0) is 35.4 Å². The third-order valence-electron chi connectivity index (χ3n) is 1.23. The third kappa shape index (κ3) is 4.93. The molecule has 0 aromatic rings. The summed E-state index contributed by atoms with van der Waals surface area (Å²) in [5.41, 5.74) is -3.22. The van der Waals surface area contributed by atoms with E-state index in [1.165, 1.54) is 0 Å². The van der Waals surface area contributed by atoms with E-state index in [0.717, 1.165) is 0 Å². The van der Waals surface area contributed by atoms with Gasteiger partial charge >= 0.3 is 21.1 Å². The molecule has 80 valence electrons. The van der Waals surface area contributed by atoms with Crippen LogP contribution in [0.4, 0.5) is 0 Å². The van der Waals surface area contributed by atoms with Crippen LogP contribution >= 0.6 is 0 Å². The Morgan fingerprint density at radius 2 is 1.21 bits per heavy atom. The van der Waals surface area contributed by atoms with Crippen LogP contribution in [-0.4, -0.2) is 23.5 Å². The third-order valence-corrected chi connectivity index (χ3v) is 1.23. The van der Waals surface area contributed by atoms with Crippen molar-refractivity contribution in [3.8, 4) is 0 Å². The fourth-order valence-electron chi connectivity index (χ4n) is 0.673. The summed E-state index contributed by atoms with van der Waals surface area (Å²) in [6.45, 7) is 0. The monoisotopic (exact) mass is 383 g/mol. The maximum atomic E-state index is 10.9. The van der Waals surface area contributed by atoms with Gasteiger partial charge in [-0.05, 0) is 12.8 Å². The van der Waals surface area contributed by atoms with Crippen LogP contribution in [0, 0.1) is 0 Å². The zero-order valence-corrected chi connectivity index (χ0v) is 8.86. The molecule has 0 rings (SSSR count). The van der Waals surface area contributed by atoms with Crippen molar-refractivity contribution in [2.45, 2.75) is 18.4 Å². The zero-order valence-electron chi connectivity index (χ0n) is 6.59. The van der Waals surface area contributed by atoms with Gasteiger partial charge in [0.1, 0.15) is 0 Å². The Hall–Kier alpha value is -0.942. The predicted octanol–water partition coefficient (Wildman–Crippen LogP) is -5.89. The number of carbonyl (C=O) groups is 3. The number of hydrogen-bond donors (Lipinski definition) is 0. The van der Waals surface area contributed by atoms with Gasteiger partial charge in [-0.2, -0.15) is 0 Å². The van der Waals surface area contributed by atoms with Gasteiger partial charge in [-0.3, -0.25) is 0 Å². The minimum Gasteiger partial charge on any atom is -0.845 e. The summed E-state index contributed by atoms with van der Waals surface area (Å²) in [4.78, 5) is 29.9. The van der Waals surface area contributed by atoms with E-state index in [4.69, 9.17) is 0 Å². The molecule has 14 heavy (non-hydrogen) atoms. The van der Waals surface area contributed by atoms with Gasteiger partial charge in [-0.15, -0.1) is 0 Å². The van der Waals surface area contributed by atoms with Gasteiger partial charge in [-0.1, -0.05) is 5.60 Å². The number of carbonyl (C=O) groups excluding carboxylic acids is 3. The molecule has 0 spiro atoms. The Bertz CT molecular complexity index is 233. The molecule has 8 heteroatoms. The van der Waals surface area contributed by atoms with Crippen molar-refractivity contribution >= 4 is 17.9 Å². The number of hydrogen-bond acceptors (Lipinski definition) is 7. The van der Waals surface area contributed by atoms with Crippen LogP contribution < -0.4 is 20.4 Å². The summed E-state index contributed by atoms with van der Waals surface area (Å²) in [7, 11) is 0. The average Bonchev–Trinajstić information content (AvgIpc) is 1.82. The van der Waals surface area contributed by atoms with E-state index >= 15 is 0 Å². The summed E-state index contributed by atoms with van der Waals surface area (Å²) in [6, 6.07) is 0. The van der Waals surface area contributed by atoms with Gasteiger partial charge in [0, 0.05) is 17.9 Å². The second-order valence-electron chi connectivity index (χ2n) is 2.38. The smallest absolute Gasteiger partial charge is 0.845 e. The molecular weight excluding hydrogens is 379 g/mol. The van der Waals surface area contributed by atoms with Gasteiger partial charge in [0.05, 0.1) is 0 Å². The molecule has 0 aromatic carbocycles. The number of carboxylic acids is 3. The van der Waals surface area contributed by atoms with Crippen molar-refractivity contribution in [3.05, 3.63) is 0 Å². The molecule has 0 fully saturated rings. The first-order chi connectivity index (χ1) is 5.78. The zero-order chi connectivity index (χ0) is 10.6. The number of rotatable bonds is 5. The van der Waals surface area contributed by atoms with Gasteiger partial charge in [0.2, 0.25) is 0 Å². The van der Waals surface area contributed by atoms with Gasteiger partial charge in [0.15, 0.2) is 0 Å². The number of aliphatic carboxylic acids is 3. The van der Waals surface area contributed by atoms with Crippen molar-refractivity contribution in [3.63, 3.8) is 0 Å². The molecule has 0 aromatic heterocycles. The first-order valence-electron chi connectivity index (χ1n) is 3.09. The minimum atomic E-state index is -3.22. The quantitative estimate of drug-likeness (QED) is 0.460. The Labute approximate surface area is 92.6 Å².